The second-order valence-corrected chi connectivity index (χ2v) is 6.03. The van der Waals surface area contributed by atoms with Crippen molar-refractivity contribution in [3.05, 3.63) is 17.3 Å². The van der Waals surface area contributed by atoms with Crippen LogP contribution in [0, 0.1) is 0 Å². The Balaban J connectivity index is 2.10. The Bertz CT molecular complexity index is 503. The lowest BCUT2D eigenvalue weighted by molar-refractivity contribution is 0.784. The molecule has 1 fully saturated rings. The molecule has 0 amide bonds. The molecule has 2 aromatic rings. The van der Waals surface area contributed by atoms with E-state index in [9.17, 15) is 0 Å². The van der Waals surface area contributed by atoms with Crippen molar-refractivity contribution in [1.82, 2.24) is 9.97 Å². The average molecular weight is 251 g/mol. The number of aromatic nitrogens is 2. The first-order chi connectivity index (χ1) is 7.88. The molecule has 0 radical (unpaired) electrons. The maximum atomic E-state index is 4.67. The summed E-state index contributed by atoms with van der Waals surface area (Å²) in [6.45, 7) is 0. The number of thioether (sulfide) groups is 1. The fraction of sp³-hybridized carbons (Fsp3) is 0.455. The Hall–Kier alpha value is -0.810. The zero-order valence-corrected chi connectivity index (χ0v) is 10.7. The van der Waals surface area contributed by atoms with E-state index < -0.39 is 0 Å². The van der Waals surface area contributed by atoms with Crippen molar-refractivity contribution in [1.29, 1.82) is 0 Å². The zero-order valence-electron chi connectivity index (χ0n) is 9.06. The molecule has 0 aliphatic carbocycles. The lowest BCUT2D eigenvalue weighted by Crippen LogP contribution is -2.02. The van der Waals surface area contributed by atoms with Crippen LogP contribution in [-0.2, 0) is 0 Å². The van der Waals surface area contributed by atoms with Crippen LogP contribution in [0.25, 0.3) is 10.2 Å². The maximum absolute atomic E-state index is 4.67. The third kappa shape index (κ3) is 1.68. The van der Waals surface area contributed by atoms with Crippen LogP contribution in [0.15, 0.2) is 11.4 Å². The molecule has 84 valence electrons. The molecule has 3 nitrogen and oxygen atoms in total. The monoisotopic (exact) mass is 251 g/mol. The van der Waals surface area contributed by atoms with Crippen molar-refractivity contribution in [3.8, 4) is 0 Å². The Morgan fingerprint density at radius 3 is 3.12 bits per heavy atom. The highest BCUT2D eigenvalue weighted by atomic mass is 32.2. The van der Waals surface area contributed by atoms with Crippen molar-refractivity contribution < 1.29 is 0 Å². The summed E-state index contributed by atoms with van der Waals surface area (Å²) >= 11 is 3.67. The Labute approximate surface area is 103 Å². The third-order valence-electron chi connectivity index (χ3n) is 2.80. The zero-order chi connectivity index (χ0) is 11.0. The van der Waals surface area contributed by atoms with Crippen LogP contribution in [0.4, 0.5) is 5.82 Å². The minimum absolute atomic E-state index is 0.499. The summed E-state index contributed by atoms with van der Waals surface area (Å²) in [5, 5.41) is 6.88. The third-order valence-corrected chi connectivity index (χ3v) is 4.98. The molecule has 16 heavy (non-hydrogen) atoms. The summed E-state index contributed by atoms with van der Waals surface area (Å²) in [5.41, 5.74) is 0. The van der Waals surface area contributed by atoms with E-state index in [0.29, 0.717) is 5.25 Å². The van der Waals surface area contributed by atoms with Gasteiger partial charge in [0.15, 0.2) is 0 Å². The van der Waals surface area contributed by atoms with Gasteiger partial charge in [-0.25, -0.2) is 9.97 Å². The fourth-order valence-electron chi connectivity index (χ4n) is 1.99. The van der Waals surface area contributed by atoms with Crippen LogP contribution >= 0.6 is 23.1 Å². The SMILES string of the molecule is CNc1nc(C2CCCS2)nc2sccc12. The van der Waals surface area contributed by atoms with E-state index in [1.807, 2.05) is 18.8 Å². The van der Waals surface area contributed by atoms with E-state index in [-0.39, 0.29) is 0 Å². The lowest BCUT2D eigenvalue weighted by Gasteiger charge is -2.09. The van der Waals surface area contributed by atoms with E-state index in [2.05, 4.69) is 26.7 Å². The average Bonchev–Trinajstić information content (AvgIpc) is 2.97. The summed E-state index contributed by atoms with van der Waals surface area (Å²) in [6, 6.07) is 2.08. The molecule has 1 unspecified atom stereocenters. The van der Waals surface area contributed by atoms with Crippen LogP contribution in [0.5, 0.6) is 0 Å². The normalized spacial score (nSPS) is 20.4. The first-order valence-corrected chi connectivity index (χ1v) is 7.36. The molecule has 0 spiro atoms. The van der Waals surface area contributed by atoms with E-state index in [4.69, 9.17) is 0 Å². The van der Waals surface area contributed by atoms with Crippen LogP contribution in [0.3, 0.4) is 0 Å². The summed E-state index contributed by atoms with van der Waals surface area (Å²) in [7, 11) is 1.92. The molecule has 3 heterocycles. The number of nitrogens with one attached hydrogen (secondary N) is 1. The minimum atomic E-state index is 0.499. The Morgan fingerprint density at radius 1 is 1.44 bits per heavy atom. The summed E-state index contributed by atoms with van der Waals surface area (Å²) in [5.74, 6) is 3.21. The smallest absolute Gasteiger partial charge is 0.145 e. The van der Waals surface area contributed by atoms with Gasteiger partial charge in [-0.2, -0.15) is 11.8 Å². The quantitative estimate of drug-likeness (QED) is 0.888. The van der Waals surface area contributed by atoms with Crippen LogP contribution in [0.2, 0.25) is 0 Å². The number of hydrogen-bond donors (Lipinski definition) is 1. The molecule has 5 heteroatoms. The van der Waals surface area contributed by atoms with Gasteiger partial charge in [0.25, 0.3) is 0 Å². The molecule has 1 atom stereocenters. The highest BCUT2D eigenvalue weighted by molar-refractivity contribution is 7.99. The Morgan fingerprint density at radius 2 is 2.38 bits per heavy atom. The summed E-state index contributed by atoms with van der Waals surface area (Å²) in [6.07, 6.45) is 2.50. The number of fused-ring (bicyclic) bond motifs is 1. The minimum Gasteiger partial charge on any atom is -0.372 e. The van der Waals surface area contributed by atoms with Crippen LogP contribution in [0.1, 0.15) is 23.9 Å². The molecule has 1 saturated heterocycles. The largest absolute Gasteiger partial charge is 0.372 e. The number of thiophene rings is 1. The molecule has 2 aromatic heterocycles. The Kier molecular flexibility index (Phi) is 2.73. The standard InChI is InChI=1S/C11H13N3S2/c1-12-9-7-4-6-16-11(7)14-10(13-9)8-3-2-5-15-8/h4,6,8H,2-3,5H2,1H3,(H,12,13,14). The lowest BCUT2D eigenvalue weighted by atomic mass is 10.2. The van der Waals surface area contributed by atoms with Gasteiger partial charge in [-0.1, -0.05) is 0 Å². The first-order valence-electron chi connectivity index (χ1n) is 5.43. The molecule has 0 aromatic carbocycles. The predicted octanol–water partition coefficient (Wildman–Crippen LogP) is 3.30. The van der Waals surface area contributed by atoms with Crippen molar-refractivity contribution in [2.45, 2.75) is 18.1 Å². The van der Waals surface area contributed by atoms with Gasteiger partial charge < -0.3 is 5.32 Å². The molecule has 0 bridgehead atoms. The molecule has 1 aliphatic rings. The van der Waals surface area contributed by atoms with Crippen molar-refractivity contribution in [2.24, 2.45) is 0 Å². The number of hydrogen-bond acceptors (Lipinski definition) is 5. The van der Waals surface area contributed by atoms with Crippen molar-refractivity contribution in [3.63, 3.8) is 0 Å². The van der Waals surface area contributed by atoms with Crippen LogP contribution in [-0.4, -0.2) is 22.8 Å². The first kappa shape index (κ1) is 10.4. The predicted molar refractivity (Wildman–Crippen MR) is 71.4 cm³/mol. The molecule has 1 N–H and O–H groups in total. The number of nitrogens with zero attached hydrogens (tertiary/aromatic N) is 2. The second kappa shape index (κ2) is 4.22. The van der Waals surface area contributed by atoms with Crippen molar-refractivity contribution in [2.75, 3.05) is 18.1 Å². The van der Waals surface area contributed by atoms with Gasteiger partial charge in [0.05, 0.1) is 10.6 Å². The van der Waals surface area contributed by atoms with Gasteiger partial charge in [-0.05, 0) is 30.0 Å². The van der Waals surface area contributed by atoms with Gasteiger partial charge in [0, 0.05) is 7.05 Å². The summed E-state index contributed by atoms with van der Waals surface area (Å²) in [4.78, 5) is 10.4. The highest BCUT2D eigenvalue weighted by Gasteiger charge is 2.21. The fourth-order valence-corrected chi connectivity index (χ4v) is 3.96. The number of anilines is 1. The van der Waals surface area contributed by atoms with Gasteiger partial charge in [-0.15, -0.1) is 11.3 Å². The van der Waals surface area contributed by atoms with Gasteiger partial charge in [0.1, 0.15) is 16.5 Å². The van der Waals surface area contributed by atoms with Gasteiger partial charge in [-0.3, -0.25) is 0 Å². The van der Waals surface area contributed by atoms with Crippen molar-refractivity contribution >= 4 is 39.1 Å². The van der Waals surface area contributed by atoms with E-state index in [0.717, 1.165) is 21.9 Å². The van der Waals surface area contributed by atoms with Gasteiger partial charge >= 0.3 is 0 Å². The van der Waals surface area contributed by atoms with Gasteiger partial charge in [0.2, 0.25) is 0 Å². The molecule has 3 rings (SSSR count). The molecular formula is C11H13N3S2. The highest BCUT2D eigenvalue weighted by Crippen LogP contribution is 2.39. The second-order valence-electron chi connectivity index (χ2n) is 3.82. The van der Waals surface area contributed by atoms with Crippen LogP contribution < -0.4 is 5.32 Å². The molecular weight excluding hydrogens is 238 g/mol. The van der Waals surface area contributed by atoms with E-state index >= 15 is 0 Å². The molecule has 0 saturated carbocycles. The topological polar surface area (TPSA) is 37.8 Å². The maximum Gasteiger partial charge on any atom is 0.145 e. The number of rotatable bonds is 2. The van der Waals surface area contributed by atoms with E-state index in [1.54, 1.807) is 11.3 Å². The van der Waals surface area contributed by atoms with E-state index in [1.165, 1.54) is 18.6 Å². The summed E-state index contributed by atoms with van der Waals surface area (Å²) < 4.78 is 0. The molecule has 1 aliphatic heterocycles.